The molecule has 0 aromatic carbocycles. The van der Waals surface area contributed by atoms with Gasteiger partial charge in [0.1, 0.15) is 0 Å². The molecule has 52 valence electrons. The van der Waals surface area contributed by atoms with Gasteiger partial charge < -0.3 is 0 Å². The maximum absolute atomic E-state index is 2.15. The van der Waals surface area contributed by atoms with Crippen molar-refractivity contribution in [1.29, 1.82) is 0 Å². The summed E-state index contributed by atoms with van der Waals surface area (Å²) in [5.74, 6) is 2.89. The van der Waals surface area contributed by atoms with Crippen LogP contribution in [0.3, 0.4) is 0 Å². The number of hydrogen-bond donors (Lipinski definition) is 0. The predicted molar refractivity (Wildman–Crippen MR) is 42.8 cm³/mol. The fourth-order valence-corrected chi connectivity index (χ4v) is 3.34. The Morgan fingerprint density at radius 2 is 1.56 bits per heavy atom. The Hall–Kier alpha value is 0.350. The molecular weight excluding hydrogens is 128 g/mol. The molecule has 0 bridgehead atoms. The molecule has 2 rings (SSSR count). The van der Waals surface area contributed by atoms with Crippen molar-refractivity contribution in [2.75, 3.05) is 11.5 Å². The van der Waals surface area contributed by atoms with E-state index in [1.807, 2.05) is 0 Å². The van der Waals surface area contributed by atoms with E-state index in [0.29, 0.717) is 0 Å². The molecule has 1 heteroatoms. The first-order chi connectivity index (χ1) is 4.41. The van der Waals surface area contributed by atoms with Gasteiger partial charge in [0.25, 0.3) is 0 Å². The zero-order valence-electron chi connectivity index (χ0n) is 5.86. The van der Waals surface area contributed by atoms with Crippen molar-refractivity contribution in [3.63, 3.8) is 0 Å². The fraction of sp³-hybridized carbons (Fsp3) is 1.00. The van der Waals surface area contributed by atoms with Crippen LogP contribution >= 0.6 is 11.8 Å². The van der Waals surface area contributed by atoms with Crippen molar-refractivity contribution < 1.29 is 0 Å². The summed E-state index contributed by atoms with van der Waals surface area (Å²) in [5.41, 5.74) is 0.880. The Balaban J connectivity index is 1.93. The van der Waals surface area contributed by atoms with Gasteiger partial charge in [-0.1, -0.05) is 6.42 Å². The summed E-state index contributed by atoms with van der Waals surface area (Å²) in [6.07, 6.45) is 7.67. The minimum absolute atomic E-state index is 0.880. The minimum atomic E-state index is 0.880. The first-order valence-corrected chi connectivity index (χ1v) is 5.15. The number of hydrogen-bond acceptors (Lipinski definition) is 1. The van der Waals surface area contributed by atoms with Crippen molar-refractivity contribution in [2.24, 2.45) is 5.41 Å². The third-order valence-electron chi connectivity index (χ3n) is 2.97. The summed E-state index contributed by atoms with van der Waals surface area (Å²) in [6, 6.07) is 0. The van der Waals surface area contributed by atoms with E-state index in [2.05, 4.69) is 11.8 Å². The summed E-state index contributed by atoms with van der Waals surface area (Å²) in [5, 5.41) is 0. The Labute approximate surface area is 61.4 Å². The Bertz CT molecular complexity index is 97.1. The lowest BCUT2D eigenvalue weighted by Gasteiger charge is -2.44. The summed E-state index contributed by atoms with van der Waals surface area (Å²) in [6.45, 7) is 0. The van der Waals surface area contributed by atoms with Gasteiger partial charge in [-0.15, -0.1) is 0 Å². The Morgan fingerprint density at radius 3 is 1.89 bits per heavy atom. The van der Waals surface area contributed by atoms with E-state index in [1.165, 1.54) is 30.8 Å². The summed E-state index contributed by atoms with van der Waals surface area (Å²) in [4.78, 5) is 0. The molecule has 0 amide bonds. The average molecular weight is 142 g/mol. The zero-order chi connectivity index (χ0) is 6.16. The molecule has 1 heterocycles. The second-order valence-corrected chi connectivity index (χ2v) is 4.69. The van der Waals surface area contributed by atoms with Gasteiger partial charge in [0.15, 0.2) is 0 Å². The SMILES string of the molecule is C1CC2(C1)CCSCC2. The third kappa shape index (κ3) is 1.000. The largest absolute Gasteiger partial charge is 0.162 e. The first-order valence-electron chi connectivity index (χ1n) is 3.99. The second kappa shape index (κ2) is 2.19. The molecule has 0 N–H and O–H groups in total. The molecule has 2 fully saturated rings. The van der Waals surface area contributed by atoms with Crippen molar-refractivity contribution in [3.8, 4) is 0 Å². The van der Waals surface area contributed by atoms with E-state index in [0.717, 1.165) is 5.41 Å². The maximum Gasteiger partial charge on any atom is -0.00622 e. The number of rotatable bonds is 0. The molecule has 0 nitrogen and oxygen atoms in total. The normalized spacial score (nSPS) is 32.0. The summed E-state index contributed by atoms with van der Waals surface area (Å²) in [7, 11) is 0. The lowest BCUT2D eigenvalue weighted by atomic mass is 9.65. The molecule has 1 spiro atoms. The molecule has 0 unspecified atom stereocenters. The van der Waals surface area contributed by atoms with Gasteiger partial charge in [0, 0.05) is 0 Å². The van der Waals surface area contributed by atoms with Gasteiger partial charge in [-0.3, -0.25) is 0 Å². The molecule has 1 saturated carbocycles. The van der Waals surface area contributed by atoms with Crippen molar-refractivity contribution in [2.45, 2.75) is 32.1 Å². The van der Waals surface area contributed by atoms with Crippen molar-refractivity contribution >= 4 is 11.8 Å². The Kier molecular flexibility index (Phi) is 1.48. The van der Waals surface area contributed by atoms with E-state index in [-0.39, 0.29) is 0 Å². The highest BCUT2D eigenvalue weighted by molar-refractivity contribution is 7.99. The van der Waals surface area contributed by atoms with E-state index >= 15 is 0 Å². The topological polar surface area (TPSA) is 0 Å². The summed E-state index contributed by atoms with van der Waals surface area (Å²) < 4.78 is 0. The highest BCUT2D eigenvalue weighted by Crippen LogP contribution is 2.50. The van der Waals surface area contributed by atoms with Crippen LogP contribution < -0.4 is 0 Å². The van der Waals surface area contributed by atoms with Gasteiger partial charge in [0.2, 0.25) is 0 Å². The lowest BCUT2D eigenvalue weighted by Crippen LogP contribution is -2.33. The maximum atomic E-state index is 2.15. The first kappa shape index (κ1) is 6.09. The monoisotopic (exact) mass is 142 g/mol. The molecule has 0 aromatic heterocycles. The minimum Gasteiger partial charge on any atom is -0.162 e. The van der Waals surface area contributed by atoms with Crippen LogP contribution in [-0.4, -0.2) is 11.5 Å². The van der Waals surface area contributed by atoms with Gasteiger partial charge in [-0.05, 0) is 42.6 Å². The van der Waals surface area contributed by atoms with Crippen LogP contribution in [0.25, 0.3) is 0 Å². The molecule has 0 aromatic rings. The van der Waals surface area contributed by atoms with Gasteiger partial charge in [-0.2, -0.15) is 11.8 Å². The van der Waals surface area contributed by atoms with Crippen LogP contribution in [0.2, 0.25) is 0 Å². The highest BCUT2D eigenvalue weighted by atomic mass is 32.2. The predicted octanol–water partition coefficient (Wildman–Crippen LogP) is 2.68. The van der Waals surface area contributed by atoms with Gasteiger partial charge >= 0.3 is 0 Å². The summed E-state index contributed by atoms with van der Waals surface area (Å²) >= 11 is 2.15. The molecule has 9 heavy (non-hydrogen) atoms. The fourth-order valence-electron chi connectivity index (χ4n) is 1.98. The van der Waals surface area contributed by atoms with E-state index in [4.69, 9.17) is 0 Å². The van der Waals surface area contributed by atoms with Gasteiger partial charge in [-0.25, -0.2) is 0 Å². The average Bonchev–Trinajstić information content (AvgIpc) is 1.87. The van der Waals surface area contributed by atoms with Crippen LogP contribution in [0, 0.1) is 5.41 Å². The van der Waals surface area contributed by atoms with E-state index < -0.39 is 0 Å². The molecule has 1 aliphatic heterocycles. The quantitative estimate of drug-likeness (QED) is 0.501. The molecule has 1 aliphatic carbocycles. The highest BCUT2D eigenvalue weighted by Gasteiger charge is 2.37. The number of thioether (sulfide) groups is 1. The van der Waals surface area contributed by atoms with E-state index in [9.17, 15) is 0 Å². The zero-order valence-corrected chi connectivity index (χ0v) is 6.67. The van der Waals surface area contributed by atoms with Crippen LogP contribution in [0.4, 0.5) is 0 Å². The second-order valence-electron chi connectivity index (χ2n) is 3.47. The molecule has 2 aliphatic rings. The molecule has 0 radical (unpaired) electrons. The van der Waals surface area contributed by atoms with E-state index in [1.54, 1.807) is 12.8 Å². The lowest BCUT2D eigenvalue weighted by molar-refractivity contribution is 0.120. The standard InChI is InChI=1S/C8H14S/c1-2-8(3-1)4-6-9-7-5-8/h1-7H2. The Morgan fingerprint density at radius 1 is 0.889 bits per heavy atom. The van der Waals surface area contributed by atoms with Crippen LogP contribution in [0.5, 0.6) is 0 Å². The molecule has 0 atom stereocenters. The molecular formula is C8H14S. The van der Waals surface area contributed by atoms with Crippen LogP contribution in [0.1, 0.15) is 32.1 Å². The van der Waals surface area contributed by atoms with Crippen LogP contribution in [0.15, 0.2) is 0 Å². The van der Waals surface area contributed by atoms with Gasteiger partial charge in [0.05, 0.1) is 0 Å². The molecule has 1 saturated heterocycles. The van der Waals surface area contributed by atoms with Crippen molar-refractivity contribution in [3.05, 3.63) is 0 Å². The third-order valence-corrected chi connectivity index (χ3v) is 3.95. The van der Waals surface area contributed by atoms with Crippen LogP contribution in [-0.2, 0) is 0 Å². The smallest absolute Gasteiger partial charge is 0.00622 e. The van der Waals surface area contributed by atoms with Crippen molar-refractivity contribution in [1.82, 2.24) is 0 Å².